The highest BCUT2D eigenvalue weighted by molar-refractivity contribution is 7.61. The van der Waals surface area contributed by atoms with Gasteiger partial charge in [-0.1, -0.05) is 30.3 Å². The molecule has 1 aromatic rings. The van der Waals surface area contributed by atoms with Crippen molar-refractivity contribution >= 4 is 19.9 Å². The Morgan fingerprint density at radius 2 is 1.91 bits per heavy atom. The van der Waals surface area contributed by atoms with Gasteiger partial charge >= 0.3 is 12.1 Å². The fourth-order valence-corrected chi connectivity index (χ4v) is 2.98. The van der Waals surface area contributed by atoms with Crippen LogP contribution in [-0.2, 0) is 16.1 Å². The predicted molar refractivity (Wildman–Crippen MR) is 83.2 cm³/mol. The Balaban J connectivity index is 2.44. The van der Waals surface area contributed by atoms with Crippen molar-refractivity contribution in [3.05, 3.63) is 35.9 Å². The molecule has 1 amide bonds. The van der Waals surface area contributed by atoms with Gasteiger partial charge in [0.2, 0.25) is 0 Å². The predicted octanol–water partition coefficient (Wildman–Crippen LogP) is 0.827. The average Bonchev–Trinajstić information content (AvgIpc) is 2.44. The van der Waals surface area contributed by atoms with Crippen molar-refractivity contribution in [2.75, 3.05) is 0 Å². The van der Waals surface area contributed by atoms with Crippen molar-refractivity contribution in [2.24, 2.45) is 0 Å². The molecule has 0 radical (unpaired) electrons. The molecule has 0 aromatic heterocycles. The first-order valence-electron chi connectivity index (χ1n) is 7.00. The van der Waals surface area contributed by atoms with Crippen molar-refractivity contribution in [2.45, 2.75) is 38.7 Å². The van der Waals surface area contributed by atoms with E-state index in [2.05, 4.69) is 10.4 Å². The molecule has 9 heteroatoms. The number of hydrogen-bond donors (Lipinski definition) is 4. The lowest BCUT2D eigenvalue weighted by Crippen LogP contribution is -2.46. The monoisotopic (exact) mass is 344 g/mol. The molecule has 1 aromatic carbocycles. The van der Waals surface area contributed by atoms with Crippen LogP contribution in [0.15, 0.2) is 30.3 Å². The minimum atomic E-state index is -3.97. The second-order valence-corrected chi connectivity index (χ2v) is 7.41. The first-order valence-corrected chi connectivity index (χ1v) is 8.73. The zero-order chi connectivity index (χ0) is 17.5. The first-order chi connectivity index (χ1) is 10.7. The molecule has 23 heavy (non-hydrogen) atoms. The van der Waals surface area contributed by atoms with Crippen LogP contribution < -0.4 is 15.3 Å². The molecule has 0 spiro atoms. The van der Waals surface area contributed by atoms with Gasteiger partial charge in [0.1, 0.15) is 6.61 Å². The average molecular weight is 344 g/mol. The summed E-state index contributed by atoms with van der Waals surface area (Å²) in [6.45, 7) is 2.85. The number of carbonyl (C=O) groups is 2. The highest BCUT2D eigenvalue weighted by Gasteiger charge is 2.35. The van der Waals surface area contributed by atoms with Gasteiger partial charge in [0.25, 0.3) is 0 Å². The number of carboxylic acid groups (broad SMARTS) is 1. The van der Waals surface area contributed by atoms with Crippen LogP contribution in [0.1, 0.15) is 25.8 Å². The van der Waals surface area contributed by atoms with Gasteiger partial charge in [0, 0.05) is 0 Å². The van der Waals surface area contributed by atoms with Gasteiger partial charge < -0.3 is 14.7 Å². The van der Waals surface area contributed by atoms with Crippen LogP contribution in [0.5, 0.6) is 0 Å². The van der Waals surface area contributed by atoms with Gasteiger partial charge in [0.05, 0.1) is 12.5 Å². The van der Waals surface area contributed by atoms with Gasteiger partial charge in [-0.05, 0) is 19.4 Å². The lowest BCUT2D eigenvalue weighted by atomic mass is 10.2. The van der Waals surface area contributed by atoms with E-state index in [1.54, 1.807) is 24.3 Å². The molecular weight excluding hydrogens is 323 g/mol. The summed E-state index contributed by atoms with van der Waals surface area (Å²) < 4.78 is 4.96. The van der Waals surface area contributed by atoms with E-state index in [4.69, 9.17) is 9.84 Å². The highest BCUT2D eigenvalue weighted by Crippen LogP contribution is 2.45. The fourth-order valence-electron chi connectivity index (χ4n) is 1.76. The van der Waals surface area contributed by atoms with Gasteiger partial charge in [-0.25, -0.2) is 9.69 Å². The molecule has 128 valence electrons. The molecule has 3 atom stereocenters. The van der Waals surface area contributed by atoms with Gasteiger partial charge in [0.15, 0.2) is 13.7 Å². The summed E-state index contributed by atoms with van der Waals surface area (Å²) in [5.74, 6) is -2.21. The second-order valence-electron chi connectivity index (χ2n) is 5.13. The van der Waals surface area contributed by atoms with Crippen LogP contribution >= 0.6 is 7.87 Å². The molecular formula is C14H21N2O6P. The largest absolute Gasteiger partial charge is 0.640 e. The Morgan fingerprint density at radius 1 is 1.30 bits per heavy atom. The molecule has 0 aliphatic heterocycles. The lowest BCUT2D eigenvalue weighted by molar-refractivity contribution is -0.195. The van der Waals surface area contributed by atoms with Crippen molar-refractivity contribution in [3.8, 4) is 0 Å². The van der Waals surface area contributed by atoms with Gasteiger partial charge in [-0.3, -0.25) is 10.1 Å². The molecule has 0 fully saturated rings. The topological polar surface area (TPSA) is 131 Å². The molecule has 1 rings (SSSR count). The Morgan fingerprint density at radius 3 is 2.48 bits per heavy atom. The summed E-state index contributed by atoms with van der Waals surface area (Å²) in [4.78, 5) is 44.2. The van der Waals surface area contributed by atoms with E-state index < -0.39 is 31.8 Å². The molecule has 0 saturated heterocycles. The van der Waals surface area contributed by atoms with E-state index in [-0.39, 0.29) is 13.0 Å². The zero-order valence-electron chi connectivity index (χ0n) is 12.9. The number of amides is 1. The number of benzene rings is 1. The maximum atomic E-state index is 12.1. The number of hydrogen-bond acceptors (Lipinski definition) is 6. The van der Waals surface area contributed by atoms with E-state index in [1.165, 1.54) is 13.8 Å². The van der Waals surface area contributed by atoms with Crippen LogP contribution in [0.4, 0.5) is 4.79 Å². The number of nitrogens with one attached hydrogen (secondary N) is 2. The summed E-state index contributed by atoms with van der Waals surface area (Å²) in [5.41, 5.74) is 0.788. The van der Waals surface area contributed by atoms with Crippen LogP contribution in [0, 0.1) is 0 Å². The normalized spacial score (nSPS) is 16.0. The molecule has 0 heterocycles. The lowest BCUT2D eigenvalue weighted by Gasteiger charge is -2.31. The fraction of sp³-hybridized carbons (Fsp3) is 0.429. The SMILES string of the molecule is CC(CC(=O)O)N[P+]([O-])(O)C(C)NC(=O)OCc1ccccc1. The summed E-state index contributed by atoms with van der Waals surface area (Å²) in [6.07, 6.45) is -1.14. The summed E-state index contributed by atoms with van der Waals surface area (Å²) in [5, 5.41) is 13.2. The van der Waals surface area contributed by atoms with Crippen molar-refractivity contribution in [1.82, 2.24) is 10.4 Å². The summed E-state index contributed by atoms with van der Waals surface area (Å²) in [7, 11) is -3.97. The third-order valence-corrected chi connectivity index (χ3v) is 4.94. The smallest absolute Gasteiger partial charge is 0.410 e. The van der Waals surface area contributed by atoms with Crippen LogP contribution in [0.2, 0.25) is 0 Å². The first kappa shape index (κ1) is 19.3. The molecule has 4 N–H and O–H groups in total. The summed E-state index contributed by atoms with van der Waals surface area (Å²) >= 11 is 0. The number of ether oxygens (including phenoxy) is 1. The van der Waals surface area contributed by atoms with Crippen molar-refractivity contribution in [3.63, 3.8) is 0 Å². The molecule has 0 bridgehead atoms. The van der Waals surface area contributed by atoms with Crippen molar-refractivity contribution in [1.29, 1.82) is 0 Å². The third kappa shape index (κ3) is 7.38. The third-order valence-electron chi connectivity index (χ3n) is 2.95. The highest BCUT2D eigenvalue weighted by atomic mass is 31.2. The van der Waals surface area contributed by atoms with E-state index in [9.17, 15) is 19.4 Å². The Kier molecular flexibility index (Phi) is 7.38. The molecule has 0 aliphatic rings. The Labute approximate surface area is 135 Å². The van der Waals surface area contributed by atoms with E-state index in [0.29, 0.717) is 0 Å². The number of carbonyl (C=O) groups excluding carboxylic acids is 1. The molecule has 0 aliphatic carbocycles. The minimum Gasteiger partial charge on any atom is -0.640 e. The standard InChI is InChI=1S/C14H21N2O6P/c1-10(8-13(17)18)16-23(20,21)11(2)15-14(19)22-9-12-6-4-3-5-7-12/h3-7,10-11H,8-9H2,1-2H3,(H,15,19)(H,17,18)(H2,16,20,21). The Bertz CT molecular complexity index is 525. The van der Waals surface area contributed by atoms with Gasteiger partial charge in [-0.2, -0.15) is 5.09 Å². The number of carboxylic acids is 1. The van der Waals surface area contributed by atoms with E-state index >= 15 is 0 Å². The molecule has 3 unspecified atom stereocenters. The van der Waals surface area contributed by atoms with Crippen LogP contribution in [-0.4, -0.2) is 33.9 Å². The zero-order valence-corrected chi connectivity index (χ0v) is 13.8. The van der Waals surface area contributed by atoms with Crippen LogP contribution in [0.3, 0.4) is 0 Å². The number of aliphatic carboxylic acids is 1. The maximum absolute atomic E-state index is 12.1. The Hall–Kier alpha value is -1.73. The molecule has 8 nitrogen and oxygen atoms in total. The number of rotatable bonds is 8. The quantitative estimate of drug-likeness (QED) is 0.514. The van der Waals surface area contributed by atoms with E-state index in [0.717, 1.165) is 5.56 Å². The summed E-state index contributed by atoms with van der Waals surface area (Å²) in [6, 6.07) is 8.28. The minimum absolute atomic E-state index is 0.0397. The maximum Gasteiger partial charge on any atom is 0.410 e. The number of alkyl carbamates (subject to hydrolysis) is 1. The van der Waals surface area contributed by atoms with E-state index in [1.807, 2.05) is 6.07 Å². The molecule has 0 saturated carbocycles. The van der Waals surface area contributed by atoms with Gasteiger partial charge in [-0.15, -0.1) is 0 Å². The van der Waals surface area contributed by atoms with Crippen molar-refractivity contribution < 1.29 is 29.2 Å². The van der Waals surface area contributed by atoms with Crippen LogP contribution in [0.25, 0.3) is 0 Å². The second kappa shape index (κ2) is 8.79.